The summed E-state index contributed by atoms with van der Waals surface area (Å²) in [6.07, 6.45) is 0. The summed E-state index contributed by atoms with van der Waals surface area (Å²) in [5, 5.41) is 10.3. The van der Waals surface area contributed by atoms with Crippen LogP contribution in [0.1, 0.15) is 0 Å². The molecular weight excluding hydrogens is 298 g/mol. The van der Waals surface area contributed by atoms with Gasteiger partial charge in [0.25, 0.3) is 5.69 Å². The highest BCUT2D eigenvalue weighted by Crippen LogP contribution is 2.29. The molecule has 3 aromatic carbocycles. The Morgan fingerprint density at radius 3 is 2.00 bits per heavy atom. The minimum absolute atomic E-state index is 0.797. The second-order valence-electron chi connectivity index (χ2n) is 5.38. The Balaban J connectivity index is 1.61. The van der Waals surface area contributed by atoms with E-state index in [-0.39, 0.29) is 0 Å². The lowest BCUT2D eigenvalue weighted by Gasteiger charge is -2.05. The SMILES string of the molecule is c1ccc(Oc2ccc(-c3n[nH][nH+]c3-c3ccccc3)cc2)cc1. The summed E-state index contributed by atoms with van der Waals surface area (Å²) in [6.45, 7) is 0. The maximum atomic E-state index is 5.83. The first kappa shape index (κ1) is 14.2. The molecule has 0 saturated carbocycles. The van der Waals surface area contributed by atoms with E-state index in [1.54, 1.807) is 0 Å². The summed E-state index contributed by atoms with van der Waals surface area (Å²) in [5.41, 5.74) is 3.96. The number of H-pyrrole nitrogens is 2. The lowest BCUT2D eigenvalue weighted by atomic mass is 10.1. The molecule has 4 rings (SSSR count). The smallest absolute Gasteiger partial charge is 0.256 e. The zero-order valence-electron chi connectivity index (χ0n) is 12.9. The molecule has 0 atom stereocenters. The Hall–Kier alpha value is -3.40. The Morgan fingerprint density at radius 1 is 0.667 bits per heavy atom. The van der Waals surface area contributed by atoms with Crippen molar-refractivity contribution < 1.29 is 9.84 Å². The van der Waals surface area contributed by atoms with Crippen LogP contribution in [0.25, 0.3) is 22.5 Å². The van der Waals surface area contributed by atoms with Gasteiger partial charge >= 0.3 is 0 Å². The molecule has 0 radical (unpaired) electrons. The van der Waals surface area contributed by atoms with Crippen LogP contribution in [0.15, 0.2) is 84.9 Å². The Kier molecular flexibility index (Phi) is 3.78. The number of aromatic amines is 2. The number of hydrogen-bond acceptors (Lipinski definition) is 2. The predicted octanol–water partition coefficient (Wildman–Crippen LogP) is 4.35. The Morgan fingerprint density at radius 2 is 1.29 bits per heavy atom. The van der Waals surface area contributed by atoms with E-state index in [9.17, 15) is 0 Å². The number of benzene rings is 3. The van der Waals surface area contributed by atoms with Gasteiger partial charge in [0.05, 0.1) is 0 Å². The van der Waals surface area contributed by atoms with Crippen LogP contribution in [0.4, 0.5) is 0 Å². The van der Waals surface area contributed by atoms with Crippen LogP contribution in [0.5, 0.6) is 11.5 Å². The fourth-order valence-corrected chi connectivity index (χ4v) is 2.58. The lowest BCUT2D eigenvalue weighted by Crippen LogP contribution is -2.05. The number of aromatic nitrogens is 3. The van der Waals surface area contributed by atoms with Crippen molar-refractivity contribution in [1.82, 2.24) is 10.3 Å². The van der Waals surface area contributed by atoms with Crippen LogP contribution in [-0.4, -0.2) is 10.3 Å². The molecule has 1 aromatic heterocycles. The van der Waals surface area contributed by atoms with E-state index in [1.165, 1.54) is 0 Å². The second kappa shape index (κ2) is 6.38. The van der Waals surface area contributed by atoms with Crippen molar-refractivity contribution in [3.63, 3.8) is 0 Å². The summed E-state index contributed by atoms with van der Waals surface area (Å²) < 4.78 is 5.83. The quantitative estimate of drug-likeness (QED) is 0.609. The van der Waals surface area contributed by atoms with Gasteiger partial charge in [-0.3, -0.25) is 0 Å². The van der Waals surface area contributed by atoms with Crippen molar-refractivity contribution in [3.8, 4) is 34.0 Å². The third-order valence-electron chi connectivity index (χ3n) is 3.75. The molecule has 0 saturated heterocycles. The van der Waals surface area contributed by atoms with Gasteiger partial charge in [0.2, 0.25) is 5.69 Å². The number of ether oxygens (including phenoxy) is 1. The van der Waals surface area contributed by atoms with Gasteiger partial charge in [0.1, 0.15) is 11.5 Å². The van der Waals surface area contributed by atoms with Crippen LogP contribution < -0.4 is 9.84 Å². The molecule has 0 fully saturated rings. The predicted molar refractivity (Wildman–Crippen MR) is 92.5 cm³/mol. The maximum absolute atomic E-state index is 5.83. The molecule has 0 amide bonds. The van der Waals surface area contributed by atoms with Crippen molar-refractivity contribution in [3.05, 3.63) is 84.9 Å². The van der Waals surface area contributed by atoms with Gasteiger partial charge in [-0.15, -0.1) is 0 Å². The zero-order valence-corrected chi connectivity index (χ0v) is 12.9. The van der Waals surface area contributed by atoms with E-state index >= 15 is 0 Å². The number of para-hydroxylation sites is 1. The normalized spacial score (nSPS) is 10.5. The highest BCUT2D eigenvalue weighted by atomic mass is 16.5. The van der Waals surface area contributed by atoms with Crippen LogP contribution >= 0.6 is 0 Å². The number of nitrogens with zero attached hydrogens (tertiary/aromatic N) is 1. The standard InChI is InChI=1S/C20H15N3O/c1-3-7-15(8-4-1)19-20(22-23-21-19)16-11-13-18(14-12-16)24-17-9-5-2-6-10-17/h1-14H,(H,21,22,23)/p+1. The number of rotatable bonds is 4. The summed E-state index contributed by atoms with van der Waals surface area (Å²) in [6, 6.07) is 27.8. The molecule has 116 valence electrons. The molecule has 4 aromatic rings. The Bertz CT molecular complexity index is 916. The largest absolute Gasteiger partial charge is 0.457 e. The van der Waals surface area contributed by atoms with Gasteiger partial charge < -0.3 is 4.74 Å². The molecule has 4 nitrogen and oxygen atoms in total. The fraction of sp³-hybridized carbons (Fsp3) is 0. The average molecular weight is 314 g/mol. The fourth-order valence-electron chi connectivity index (χ4n) is 2.58. The minimum Gasteiger partial charge on any atom is -0.457 e. The third-order valence-corrected chi connectivity index (χ3v) is 3.75. The lowest BCUT2D eigenvalue weighted by molar-refractivity contribution is -0.443. The highest BCUT2D eigenvalue weighted by molar-refractivity contribution is 5.75. The van der Waals surface area contributed by atoms with E-state index in [2.05, 4.69) is 27.5 Å². The van der Waals surface area contributed by atoms with Crippen LogP contribution in [0.3, 0.4) is 0 Å². The van der Waals surface area contributed by atoms with Gasteiger partial charge in [0.15, 0.2) is 0 Å². The molecule has 4 heteroatoms. The molecule has 0 unspecified atom stereocenters. The van der Waals surface area contributed by atoms with Crippen molar-refractivity contribution in [2.75, 3.05) is 0 Å². The van der Waals surface area contributed by atoms with E-state index < -0.39 is 0 Å². The van der Waals surface area contributed by atoms with Crippen molar-refractivity contribution in [1.29, 1.82) is 0 Å². The first-order chi connectivity index (χ1) is 11.9. The van der Waals surface area contributed by atoms with Crippen LogP contribution in [-0.2, 0) is 0 Å². The second-order valence-corrected chi connectivity index (χ2v) is 5.38. The molecule has 0 aliphatic carbocycles. The highest BCUT2D eigenvalue weighted by Gasteiger charge is 2.19. The van der Waals surface area contributed by atoms with Gasteiger partial charge in [-0.2, -0.15) is 5.10 Å². The van der Waals surface area contributed by atoms with Crippen molar-refractivity contribution >= 4 is 0 Å². The minimum atomic E-state index is 0.797. The summed E-state index contributed by atoms with van der Waals surface area (Å²) >= 11 is 0. The molecule has 1 heterocycles. The van der Waals surface area contributed by atoms with Gasteiger partial charge in [0, 0.05) is 16.2 Å². The molecule has 24 heavy (non-hydrogen) atoms. The Labute approximate surface area is 139 Å². The molecular formula is C20H16N3O+. The average Bonchev–Trinajstić information content (AvgIpc) is 3.14. The first-order valence-electron chi connectivity index (χ1n) is 7.75. The van der Waals surface area contributed by atoms with E-state index in [0.717, 1.165) is 34.0 Å². The molecule has 0 bridgehead atoms. The zero-order chi connectivity index (χ0) is 16.2. The van der Waals surface area contributed by atoms with Crippen LogP contribution in [0, 0.1) is 0 Å². The van der Waals surface area contributed by atoms with Gasteiger partial charge in [-0.1, -0.05) is 53.7 Å². The van der Waals surface area contributed by atoms with Gasteiger partial charge in [-0.05, 0) is 36.4 Å². The van der Waals surface area contributed by atoms with Crippen LogP contribution in [0.2, 0.25) is 0 Å². The van der Waals surface area contributed by atoms with E-state index in [1.807, 2.05) is 72.8 Å². The maximum Gasteiger partial charge on any atom is 0.256 e. The number of hydrogen-bond donors (Lipinski definition) is 1. The van der Waals surface area contributed by atoms with Gasteiger partial charge in [-0.25, -0.2) is 0 Å². The molecule has 0 spiro atoms. The topological polar surface area (TPSA) is 52.0 Å². The monoisotopic (exact) mass is 314 g/mol. The molecule has 0 aliphatic heterocycles. The van der Waals surface area contributed by atoms with Crippen molar-refractivity contribution in [2.24, 2.45) is 0 Å². The number of nitrogens with one attached hydrogen (secondary N) is 2. The summed E-state index contributed by atoms with van der Waals surface area (Å²) in [5.74, 6) is 1.62. The molecule has 0 aliphatic rings. The molecule has 2 N–H and O–H groups in total. The van der Waals surface area contributed by atoms with Crippen molar-refractivity contribution in [2.45, 2.75) is 0 Å². The van der Waals surface area contributed by atoms with E-state index in [4.69, 9.17) is 4.74 Å². The third kappa shape index (κ3) is 2.90. The summed E-state index contributed by atoms with van der Waals surface area (Å²) in [7, 11) is 0. The first-order valence-corrected chi connectivity index (χ1v) is 7.75. The van der Waals surface area contributed by atoms with E-state index in [0.29, 0.717) is 0 Å². The summed E-state index contributed by atoms with van der Waals surface area (Å²) in [4.78, 5) is 0.